The highest BCUT2D eigenvalue weighted by Gasteiger charge is 1.95. The Kier molecular flexibility index (Phi) is 3.35. The van der Waals surface area contributed by atoms with Crippen molar-refractivity contribution in [3.05, 3.63) is 58.8 Å². The second-order valence-corrected chi connectivity index (χ2v) is 3.90. The van der Waals surface area contributed by atoms with E-state index in [0.29, 0.717) is 6.61 Å². The summed E-state index contributed by atoms with van der Waals surface area (Å²) in [7, 11) is 0. The molecule has 0 aliphatic rings. The first-order valence-corrected chi connectivity index (χ1v) is 5.42. The number of benzene rings is 1. The SMILES string of the molecule is Brc1ccc(COc2ccccc2)cn1. The Morgan fingerprint density at radius 3 is 2.53 bits per heavy atom. The molecule has 0 atom stereocenters. The third-order valence-corrected chi connectivity index (χ3v) is 2.41. The van der Waals surface area contributed by atoms with Crippen molar-refractivity contribution >= 4 is 15.9 Å². The molecule has 0 amide bonds. The van der Waals surface area contributed by atoms with Gasteiger partial charge in [-0.3, -0.25) is 0 Å². The lowest BCUT2D eigenvalue weighted by molar-refractivity contribution is 0.305. The summed E-state index contributed by atoms with van der Waals surface area (Å²) in [6, 6.07) is 13.6. The van der Waals surface area contributed by atoms with Crippen LogP contribution in [0.15, 0.2) is 53.3 Å². The number of aromatic nitrogens is 1. The zero-order chi connectivity index (χ0) is 10.5. The Labute approximate surface area is 97.1 Å². The van der Waals surface area contributed by atoms with E-state index in [9.17, 15) is 0 Å². The molecule has 0 unspecified atom stereocenters. The summed E-state index contributed by atoms with van der Waals surface area (Å²) in [5, 5.41) is 0. The molecule has 0 radical (unpaired) electrons. The average molecular weight is 264 g/mol. The monoisotopic (exact) mass is 263 g/mol. The quantitative estimate of drug-likeness (QED) is 0.792. The summed E-state index contributed by atoms with van der Waals surface area (Å²) in [6.07, 6.45) is 1.80. The molecular formula is C12H10BrNO. The van der Waals surface area contributed by atoms with Crippen molar-refractivity contribution in [3.8, 4) is 5.75 Å². The van der Waals surface area contributed by atoms with E-state index in [1.54, 1.807) is 6.20 Å². The van der Waals surface area contributed by atoms with Crippen LogP contribution in [0.3, 0.4) is 0 Å². The average Bonchev–Trinajstić information content (AvgIpc) is 2.30. The highest BCUT2D eigenvalue weighted by Crippen LogP contribution is 2.12. The third-order valence-electron chi connectivity index (χ3n) is 1.94. The molecule has 2 rings (SSSR count). The summed E-state index contributed by atoms with van der Waals surface area (Å²) in [6.45, 7) is 0.546. The number of ether oxygens (including phenoxy) is 1. The minimum Gasteiger partial charge on any atom is -0.489 e. The maximum atomic E-state index is 5.58. The molecule has 0 aliphatic heterocycles. The summed E-state index contributed by atoms with van der Waals surface area (Å²) in [5.41, 5.74) is 1.06. The van der Waals surface area contributed by atoms with Gasteiger partial charge in [0, 0.05) is 11.8 Å². The van der Waals surface area contributed by atoms with Gasteiger partial charge in [0.2, 0.25) is 0 Å². The van der Waals surface area contributed by atoms with Gasteiger partial charge in [0.1, 0.15) is 17.0 Å². The maximum Gasteiger partial charge on any atom is 0.119 e. The van der Waals surface area contributed by atoms with E-state index < -0.39 is 0 Å². The zero-order valence-corrected chi connectivity index (χ0v) is 9.65. The molecule has 0 N–H and O–H groups in total. The van der Waals surface area contributed by atoms with Crippen molar-refractivity contribution in [1.82, 2.24) is 4.98 Å². The van der Waals surface area contributed by atoms with Crippen LogP contribution in [0, 0.1) is 0 Å². The standard InChI is InChI=1S/C12H10BrNO/c13-12-7-6-10(8-14-12)9-15-11-4-2-1-3-5-11/h1-8H,9H2. The second kappa shape index (κ2) is 4.94. The Hall–Kier alpha value is -1.35. The molecular weight excluding hydrogens is 254 g/mol. The molecule has 15 heavy (non-hydrogen) atoms. The van der Waals surface area contributed by atoms with Gasteiger partial charge in [0.25, 0.3) is 0 Å². The van der Waals surface area contributed by atoms with E-state index in [4.69, 9.17) is 4.74 Å². The minimum absolute atomic E-state index is 0.546. The first kappa shape index (κ1) is 10.2. The van der Waals surface area contributed by atoms with Crippen molar-refractivity contribution in [1.29, 1.82) is 0 Å². The largest absolute Gasteiger partial charge is 0.489 e. The summed E-state index contributed by atoms with van der Waals surface area (Å²) in [4.78, 5) is 4.13. The van der Waals surface area contributed by atoms with Gasteiger partial charge in [-0.05, 0) is 34.1 Å². The minimum atomic E-state index is 0.546. The van der Waals surface area contributed by atoms with Gasteiger partial charge in [-0.15, -0.1) is 0 Å². The molecule has 0 saturated heterocycles. The number of para-hydroxylation sites is 1. The number of rotatable bonds is 3. The smallest absolute Gasteiger partial charge is 0.119 e. The molecule has 2 aromatic rings. The number of pyridine rings is 1. The van der Waals surface area contributed by atoms with E-state index in [1.165, 1.54) is 0 Å². The second-order valence-electron chi connectivity index (χ2n) is 3.09. The van der Waals surface area contributed by atoms with Gasteiger partial charge in [0.15, 0.2) is 0 Å². The Morgan fingerprint density at radius 1 is 1.07 bits per heavy atom. The van der Waals surface area contributed by atoms with Crippen LogP contribution in [0.2, 0.25) is 0 Å². The summed E-state index contributed by atoms with van der Waals surface area (Å²) < 4.78 is 6.42. The molecule has 0 saturated carbocycles. The topological polar surface area (TPSA) is 22.1 Å². The van der Waals surface area contributed by atoms with Crippen LogP contribution < -0.4 is 4.74 Å². The molecule has 0 fully saturated rings. The van der Waals surface area contributed by atoms with Gasteiger partial charge in [-0.2, -0.15) is 0 Å². The van der Waals surface area contributed by atoms with Crippen molar-refractivity contribution in [2.24, 2.45) is 0 Å². The van der Waals surface area contributed by atoms with Gasteiger partial charge in [-0.25, -0.2) is 4.98 Å². The number of halogens is 1. The van der Waals surface area contributed by atoms with Crippen LogP contribution in [0.1, 0.15) is 5.56 Å². The van der Waals surface area contributed by atoms with Crippen molar-refractivity contribution < 1.29 is 4.74 Å². The molecule has 1 aromatic carbocycles. The van der Waals surface area contributed by atoms with Crippen LogP contribution in [0.4, 0.5) is 0 Å². The zero-order valence-electron chi connectivity index (χ0n) is 8.06. The fourth-order valence-electron chi connectivity index (χ4n) is 1.18. The molecule has 3 heteroatoms. The lowest BCUT2D eigenvalue weighted by atomic mass is 10.3. The highest BCUT2D eigenvalue weighted by atomic mass is 79.9. The van der Waals surface area contributed by atoms with Gasteiger partial charge in [-0.1, -0.05) is 24.3 Å². The third kappa shape index (κ3) is 3.06. The van der Waals surface area contributed by atoms with Gasteiger partial charge in [0.05, 0.1) is 0 Å². The van der Waals surface area contributed by atoms with Crippen molar-refractivity contribution in [2.45, 2.75) is 6.61 Å². The predicted molar refractivity (Wildman–Crippen MR) is 62.7 cm³/mol. The molecule has 0 bridgehead atoms. The van der Waals surface area contributed by atoms with Crippen molar-refractivity contribution in [3.63, 3.8) is 0 Å². The predicted octanol–water partition coefficient (Wildman–Crippen LogP) is 3.42. The maximum absolute atomic E-state index is 5.58. The van der Waals surface area contributed by atoms with E-state index in [1.807, 2.05) is 42.5 Å². The molecule has 2 nitrogen and oxygen atoms in total. The molecule has 1 heterocycles. The summed E-state index contributed by atoms with van der Waals surface area (Å²) in [5.74, 6) is 0.875. The summed E-state index contributed by atoms with van der Waals surface area (Å²) >= 11 is 3.29. The Bertz CT molecular complexity index is 413. The molecule has 1 aromatic heterocycles. The van der Waals surface area contributed by atoms with E-state index in [-0.39, 0.29) is 0 Å². The first-order chi connectivity index (χ1) is 7.34. The fraction of sp³-hybridized carbons (Fsp3) is 0.0833. The molecule has 0 spiro atoms. The van der Waals surface area contributed by atoms with Crippen LogP contribution in [0.5, 0.6) is 5.75 Å². The lowest BCUT2D eigenvalue weighted by Gasteiger charge is -2.05. The lowest BCUT2D eigenvalue weighted by Crippen LogP contribution is -1.95. The number of nitrogens with zero attached hydrogens (tertiary/aromatic N) is 1. The highest BCUT2D eigenvalue weighted by molar-refractivity contribution is 9.10. The normalized spacial score (nSPS) is 9.93. The van der Waals surface area contributed by atoms with E-state index >= 15 is 0 Å². The van der Waals surface area contributed by atoms with Crippen LogP contribution in [0.25, 0.3) is 0 Å². The van der Waals surface area contributed by atoms with Crippen LogP contribution in [-0.2, 0) is 6.61 Å². The number of hydrogen-bond acceptors (Lipinski definition) is 2. The molecule has 0 aliphatic carbocycles. The number of hydrogen-bond donors (Lipinski definition) is 0. The van der Waals surface area contributed by atoms with E-state index in [0.717, 1.165) is 15.9 Å². The van der Waals surface area contributed by atoms with Gasteiger partial charge >= 0.3 is 0 Å². The fourth-order valence-corrected chi connectivity index (χ4v) is 1.41. The first-order valence-electron chi connectivity index (χ1n) is 4.63. The van der Waals surface area contributed by atoms with Gasteiger partial charge < -0.3 is 4.74 Å². The van der Waals surface area contributed by atoms with Crippen LogP contribution in [-0.4, -0.2) is 4.98 Å². The van der Waals surface area contributed by atoms with Crippen LogP contribution >= 0.6 is 15.9 Å². The Morgan fingerprint density at radius 2 is 1.87 bits per heavy atom. The molecule has 76 valence electrons. The van der Waals surface area contributed by atoms with E-state index in [2.05, 4.69) is 20.9 Å². The Balaban J connectivity index is 1.96. The van der Waals surface area contributed by atoms with Crippen molar-refractivity contribution in [2.75, 3.05) is 0 Å².